The molecule has 1 amide bonds. The summed E-state index contributed by atoms with van der Waals surface area (Å²) >= 11 is 0. The zero-order valence-electron chi connectivity index (χ0n) is 11.3. The summed E-state index contributed by atoms with van der Waals surface area (Å²) < 4.78 is 28.1. The Hall–Kier alpha value is -1.76. The number of carbonyl (C=O) groups is 1. The van der Waals surface area contributed by atoms with Gasteiger partial charge in [0, 0.05) is 11.6 Å². The van der Waals surface area contributed by atoms with E-state index in [4.69, 9.17) is 10.5 Å². The number of hydrogen-bond donors (Lipinski definition) is 2. The summed E-state index contributed by atoms with van der Waals surface area (Å²) in [4.78, 5) is 12.1. The number of nitrogen functional groups attached to an aromatic ring is 1. The second-order valence-corrected chi connectivity index (χ2v) is 7.11. The topological polar surface area (TPSA) is 98.5 Å². The maximum atomic E-state index is 12.1. The first-order valence-electron chi connectivity index (χ1n) is 6.36. The molecule has 1 atom stereocenters. The van der Waals surface area contributed by atoms with Gasteiger partial charge in [-0.3, -0.25) is 4.79 Å². The van der Waals surface area contributed by atoms with Gasteiger partial charge in [0.25, 0.3) is 5.91 Å². The SMILES string of the molecule is COc1ccc(C(=O)NC2CCCS(=O)(=O)C2)cc1N. The van der Waals surface area contributed by atoms with Crippen molar-refractivity contribution in [2.45, 2.75) is 18.9 Å². The highest BCUT2D eigenvalue weighted by atomic mass is 32.2. The molecule has 20 heavy (non-hydrogen) atoms. The zero-order chi connectivity index (χ0) is 14.8. The first kappa shape index (κ1) is 14.6. The van der Waals surface area contributed by atoms with E-state index in [0.29, 0.717) is 29.8 Å². The number of ether oxygens (including phenoxy) is 1. The van der Waals surface area contributed by atoms with Crippen LogP contribution in [0.2, 0.25) is 0 Å². The number of carbonyl (C=O) groups excluding carboxylic acids is 1. The Morgan fingerprint density at radius 3 is 2.80 bits per heavy atom. The first-order valence-corrected chi connectivity index (χ1v) is 8.18. The van der Waals surface area contributed by atoms with Crippen LogP contribution in [0.4, 0.5) is 5.69 Å². The Bertz CT molecular complexity index is 613. The van der Waals surface area contributed by atoms with Crippen LogP contribution in [0.25, 0.3) is 0 Å². The molecule has 0 aliphatic carbocycles. The molecule has 0 aromatic heterocycles. The molecular weight excluding hydrogens is 280 g/mol. The van der Waals surface area contributed by atoms with Crippen molar-refractivity contribution in [2.75, 3.05) is 24.3 Å². The molecule has 1 aromatic rings. The van der Waals surface area contributed by atoms with Gasteiger partial charge < -0.3 is 15.8 Å². The van der Waals surface area contributed by atoms with Crippen molar-refractivity contribution >= 4 is 21.4 Å². The molecule has 1 aliphatic heterocycles. The van der Waals surface area contributed by atoms with Crippen LogP contribution in [0, 0.1) is 0 Å². The lowest BCUT2D eigenvalue weighted by Gasteiger charge is -2.23. The van der Waals surface area contributed by atoms with Crippen LogP contribution in [-0.4, -0.2) is 39.0 Å². The van der Waals surface area contributed by atoms with Crippen LogP contribution in [-0.2, 0) is 9.84 Å². The maximum absolute atomic E-state index is 12.1. The number of benzene rings is 1. The van der Waals surface area contributed by atoms with Gasteiger partial charge in [-0.1, -0.05) is 0 Å². The van der Waals surface area contributed by atoms with Crippen molar-refractivity contribution in [3.63, 3.8) is 0 Å². The second-order valence-electron chi connectivity index (χ2n) is 4.88. The van der Waals surface area contributed by atoms with Crippen molar-refractivity contribution in [2.24, 2.45) is 0 Å². The first-order chi connectivity index (χ1) is 9.41. The van der Waals surface area contributed by atoms with Gasteiger partial charge in [-0.25, -0.2) is 8.42 Å². The molecule has 3 N–H and O–H groups in total. The summed E-state index contributed by atoms with van der Waals surface area (Å²) in [5, 5.41) is 2.74. The number of amides is 1. The summed E-state index contributed by atoms with van der Waals surface area (Å²) in [5.41, 5.74) is 6.51. The number of hydrogen-bond acceptors (Lipinski definition) is 5. The Balaban J connectivity index is 2.06. The van der Waals surface area contributed by atoms with Gasteiger partial charge in [0.15, 0.2) is 9.84 Å². The van der Waals surface area contributed by atoms with Crippen LogP contribution in [0.15, 0.2) is 18.2 Å². The van der Waals surface area contributed by atoms with E-state index in [1.54, 1.807) is 12.1 Å². The summed E-state index contributed by atoms with van der Waals surface area (Å²) in [6.45, 7) is 0. The lowest BCUT2D eigenvalue weighted by molar-refractivity contribution is 0.0938. The monoisotopic (exact) mass is 298 g/mol. The standard InChI is InChI=1S/C13H18N2O4S/c1-19-12-5-4-9(7-11(12)14)13(16)15-10-3-2-6-20(17,18)8-10/h4-5,7,10H,2-3,6,8,14H2,1H3,(H,15,16). The Morgan fingerprint density at radius 2 is 2.20 bits per heavy atom. The fourth-order valence-electron chi connectivity index (χ4n) is 2.28. The van der Waals surface area contributed by atoms with Gasteiger partial charge in [0.2, 0.25) is 0 Å². The van der Waals surface area contributed by atoms with Crippen molar-refractivity contribution in [3.8, 4) is 5.75 Å². The predicted molar refractivity (Wildman–Crippen MR) is 76.5 cm³/mol. The largest absolute Gasteiger partial charge is 0.495 e. The predicted octanol–water partition coefficient (Wildman–Crippen LogP) is 0.584. The normalized spacial score (nSPS) is 21.1. The van der Waals surface area contributed by atoms with Crippen LogP contribution >= 0.6 is 0 Å². The molecule has 1 aliphatic rings. The fraction of sp³-hybridized carbons (Fsp3) is 0.462. The molecule has 1 heterocycles. The number of rotatable bonds is 3. The highest BCUT2D eigenvalue weighted by Crippen LogP contribution is 2.22. The number of nitrogens with one attached hydrogen (secondary N) is 1. The molecule has 1 unspecified atom stereocenters. The molecule has 0 spiro atoms. The third-order valence-corrected chi connectivity index (χ3v) is 5.11. The fourth-order valence-corrected chi connectivity index (χ4v) is 3.92. The van der Waals surface area contributed by atoms with Crippen molar-refractivity contribution in [3.05, 3.63) is 23.8 Å². The third-order valence-electron chi connectivity index (χ3n) is 3.29. The smallest absolute Gasteiger partial charge is 0.251 e. The minimum Gasteiger partial charge on any atom is -0.495 e. The summed E-state index contributed by atoms with van der Waals surface area (Å²) in [6, 6.07) is 4.40. The quantitative estimate of drug-likeness (QED) is 0.796. The Morgan fingerprint density at radius 1 is 1.45 bits per heavy atom. The van der Waals surface area contributed by atoms with Crippen molar-refractivity contribution < 1.29 is 17.9 Å². The molecule has 1 saturated heterocycles. The van der Waals surface area contributed by atoms with Crippen LogP contribution in [0.3, 0.4) is 0 Å². The van der Waals surface area contributed by atoms with E-state index in [1.165, 1.54) is 13.2 Å². The van der Waals surface area contributed by atoms with E-state index in [-0.39, 0.29) is 23.5 Å². The molecule has 0 saturated carbocycles. The molecular formula is C13H18N2O4S. The Kier molecular flexibility index (Phi) is 4.17. The highest BCUT2D eigenvalue weighted by Gasteiger charge is 2.26. The molecule has 7 heteroatoms. The maximum Gasteiger partial charge on any atom is 0.251 e. The van der Waals surface area contributed by atoms with Crippen LogP contribution in [0.1, 0.15) is 23.2 Å². The zero-order valence-corrected chi connectivity index (χ0v) is 12.1. The summed E-state index contributed by atoms with van der Waals surface area (Å²) in [7, 11) is -1.54. The van der Waals surface area contributed by atoms with Crippen molar-refractivity contribution in [1.29, 1.82) is 0 Å². The lowest BCUT2D eigenvalue weighted by atomic mass is 10.1. The van der Waals surface area contributed by atoms with E-state index in [9.17, 15) is 13.2 Å². The van der Waals surface area contributed by atoms with E-state index in [1.807, 2.05) is 0 Å². The van der Waals surface area contributed by atoms with Gasteiger partial charge in [-0.15, -0.1) is 0 Å². The molecule has 0 bridgehead atoms. The number of anilines is 1. The van der Waals surface area contributed by atoms with E-state index in [0.717, 1.165) is 0 Å². The van der Waals surface area contributed by atoms with Gasteiger partial charge in [0.05, 0.1) is 24.3 Å². The average Bonchev–Trinajstić information content (AvgIpc) is 2.37. The lowest BCUT2D eigenvalue weighted by Crippen LogP contribution is -2.43. The molecule has 2 rings (SSSR count). The van der Waals surface area contributed by atoms with E-state index >= 15 is 0 Å². The Labute approximate surface area is 118 Å². The number of sulfone groups is 1. The van der Waals surface area contributed by atoms with Gasteiger partial charge >= 0.3 is 0 Å². The number of methoxy groups -OCH3 is 1. The van der Waals surface area contributed by atoms with E-state index in [2.05, 4.69) is 5.32 Å². The van der Waals surface area contributed by atoms with Gasteiger partial charge in [0.1, 0.15) is 5.75 Å². The summed E-state index contributed by atoms with van der Waals surface area (Å²) in [6.07, 6.45) is 1.26. The second kappa shape index (κ2) is 5.70. The molecule has 6 nitrogen and oxygen atoms in total. The van der Waals surface area contributed by atoms with Crippen LogP contribution in [0.5, 0.6) is 5.75 Å². The molecule has 0 radical (unpaired) electrons. The highest BCUT2D eigenvalue weighted by molar-refractivity contribution is 7.91. The summed E-state index contributed by atoms with van der Waals surface area (Å²) in [5.74, 6) is 0.391. The van der Waals surface area contributed by atoms with Gasteiger partial charge in [-0.05, 0) is 31.0 Å². The minimum atomic E-state index is -3.04. The number of nitrogens with two attached hydrogens (primary N) is 1. The minimum absolute atomic E-state index is 0.00434. The van der Waals surface area contributed by atoms with Crippen molar-refractivity contribution in [1.82, 2.24) is 5.32 Å². The molecule has 110 valence electrons. The van der Waals surface area contributed by atoms with Crippen LogP contribution < -0.4 is 15.8 Å². The third kappa shape index (κ3) is 3.41. The molecule has 1 aromatic carbocycles. The van der Waals surface area contributed by atoms with Gasteiger partial charge in [-0.2, -0.15) is 0 Å². The average molecular weight is 298 g/mol. The van der Waals surface area contributed by atoms with E-state index < -0.39 is 9.84 Å². The molecule has 1 fully saturated rings.